The Labute approximate surface area is 116 Å². The number of rotatable bonds is 4. The molecule has 2 saturated heterocycles. The van der Waals surface area contributed by atoms with E-state index in [9.17, 15) is 4.79 Å². The summed E-state index contributed by atoms with van der Waals surface area (Å²) in [6.45, 7) is 5.31. The van der Waals surface area contributed by atoms with Gasteiger partial charge >= 0.3 is 0 Å². The molecule has 2 aliphatic heterocycles. The van der Waals surface area contributed by atoms with Crippen molar-refractivity contribution >= 4 is 5.91 Å². The second-order valence-corrected chi connectivity index (χ2v) is 5.55. The third-order valence-electron chi connectivity index (χ3n) is 4.16. The molecule has 4 nitrogen and oxygen atoms in total. The van der Waals surface area contributed by atoms with Gasteiger partial charge in [-0.05, 0) is 25.8 Å². The van der Waals surface area contributed by atoms with Crippen molar-refractivity contribution in [1.29, 1.82) is 0 Å². The lowest BCUT2D eigenvalue weighted by Crippen LogP contribution is -2.49. The van der Waals surface area contributed by atoms with Crippen molar-refractivity contribution < 1.29 is 4.79 Å². The van der Waals surface area contributed by atoms with E-state index in [1.165, 1.54) is 19.3 Å². The molecule has 0 radical (unpaired) electrons. The zero-order chi connectivity index (χ0) is 13.5. The highest BCUT2D eigenvalue weighted by Gasteiger charge is 2.21. The summed E-state index contributed by atoms with van der Waals surface area (Å²) < 4.78 is 0. The van der Waals surface area contributed by atoms with Crippen LogP contribution in [0.5, 0.6) is 0 Å². The van der Waals surface area contributed by atoms with Gasteiger partial charge in [0.15, 0.2) is 0 Å². The first-order chi connectivity index (χ1) is 9.29. The Kier molecular flexibility index (Phi) is 5.68. The van der Waals surface area contributed by atoms with Crippen LogP contribution in [0.3, 0.4) is 0 Å². The number of piperazine rings is 1. The summed E-state index contributed by atoms with van der Waals surface area (Å²) in [7, 11) is 0. The van der Waals surface area contributed by atoms with E-state index in [0.717, 1.165) is 39.1 Å². The Morgan fingerprint density at radius 1 is 1.26 bits per heavy atom. The first kappa shape index (κ1) is 14.4. The van der Waals surface area contributed by atoms with Gasteiger partial charge in [-0.25, -0.2) is 0 Å². The van der Waals surface area contributed by atoms with Gasteiger partial charge in [0.1, 0.15) is 0 Å². The molecule has 0 bridgehead atoms. The molecule has 1 atom stereocenters. The van der Waals surface area contributed by atoms with Crippen LogP contribution in [0.2, 0.25) is 0 Å². The van der Waals surface area contributed by atoms with Crippen LogP contribution in [0, 0.1) is 12.3 Å². The number of piperidine rings is 1. The van der Waals surface area contributed by atoms with E-state index in [-0.39, 0.29) is 0 Å². The first-order valence-electron chi connectivity index (χ1n) is 7.46. The number of amides is 1. The zero-order valence-electron chi connectivity index (χ0n) is 11.7. The van der Waals surface area contributed by atoms with Crippen molar-refractivity contribution in [3.63, 3.8) is 0 Å². The molecule has 0 aromatic carbocycles. The SMILES string of the molecule is C#CCN1CCN(C(=O)CCC2CCCCN2)CC1. The predicted octanol–water partition coefficient (Wildman–Crippen LogP) is 0.686. The quantitative estimate of drug-likeness (QED) is 0.758. The monoisotopic (exact) mass is 263 g/mol. The summed E-state index contributed by atoms with van der Waals surface area (Å²) in [5.41, 5.74) is 0. The lowest BCUT2D eigenvalue weighted by atomic mass is 10.0. The maximum Gasteiger partial charge on any atom is 0.222 e. The Hall–Kier alpha value is -1.05. The van der Waals surface area contributed by atoms with Gasteiger partial charge in [0.2, 0.25) is 5.91 Å². The molecule has 4 heteroatoms. The average molecular weight is 263 g/mol. The molecule has 0 aromatic heterocycles. The van der Waals surface area contributed by atoms with Crippen molar-refractivity contribution in [2.24, 2.45) is 0 Å². The third kappa shape index (κ3) is 4.52. The van der Waals surface area contributed by atoms with E-state index >= 15 is 0 Å². The topological polar surface area (TPSA) is 35.6 Å². The fourth-order valence-corrected chi connectivity index (χ4v) is 2.91. The zero-order valence-corrected chi connectivity index (χ0v) is 11.7. The van der Waals surface area contributed by atoms with E-state index in [4.69, 9.17) is 6.42 Å². The van der Waals surface area contributed by atoms with Crippen LogP contribution in [0.1, 0.15) is 32.1 Å². The minimum atomic E-state index is 0.313. The molecule has 0 aromatic rings. The van der Waals surface area contributed by atoms with Gasteiger partial charge in [0.05, 0.1) is 6.54 Å². The van der Waals surface area contributed by atoms with Gasteiger partial charge in [-0.1, -0.05) is 12.3 Å². The first-order valence-corrected chi connectivity index (χ1v) is 7.46. The minimum absolute atomic E-state index is 0.313. The largest absolute Gasteiger partial charge is 0.340 e. The molecule has 2 rings (SSSR count). The number of terminal acetylenes is 1. The number of carbonyl (C=O) groups excluding carboxylic acids is 1. The van der Waals surface area contributed by atoms with Crippen LogP contribution in [-0.2, 0) is 4.79 Å². The van der Waals surface area contributed by atoms with Crippen LogP contribution in [0.4, 0.5) is 0 Å². The summed E-state index contributed by atoms with van der Waals surface area (Å²) in [4.78, 5) is 16.4. The van der Waals surface area contributed by atoms with Gasteiger partial charge in [-0.2, -0.15) is 0 Å². The highest BCUT2D eigenvalue weighted by molar-refractivity contribution is 5.76. The van der Waals surface area contributed by atoms with Crippen molar-refractivity contribution in [3.8, 4) is 12.3 Å². The van der Waals surface area contributed by atoms with Crippen molar-refractivity contribution in [1.82, 2.24) is 15.1 Å². The molecular weight excluding hydrogens is 238 g/mol. The van der Waals surface area contributed by atoms with E-state index in [1.54, 1.807) is 0 Å². The molecule has 2 fully saturated rings. The van der Waals surface area contributed by atoms with E-state index in [2.05, 4.69) is 16.1 Å². The van der Waals surface area contributed by atoms with Crippen LogP contribution in [0.15, 0.2) is 0 Å². The lowest BCUT2D eigenvalue weighted by Gasteiger charge is -2.34. The molecule has 1 unspecified atom stereocenters. The van der Waals surface area contributed by atoms with Crippen LogP contribution in [-0.4, -0.2) is 61.0 Å². The van der Waals surface area contributed by atoms with Gasteiger partial charge in [-0.15, -0.1) is 6.42 Å². The van der Waals surface area contributed by atoms with E-state index in [1.807, 2.05) is 4.90 Å². The molecule has 1 N–H and O–H groups in total. The Morgan fingerprint density at radius 2 is 2.05 bits per heavy atom. The Bertz CT molecular complexity index is 323. The van der Waals surface area contributed by atoms with Crippen molar-refractivity contribution in [2.75, 3.05) is 39.3 Å². The van der Waals surface area contributed by atoms with Crippen molar-refractivity contribution in [3.05, 3.63) is 0 Å². The van der Waals surface area contributed by atoms with Crippen LogP contribution >= 0.6 is 0 Å². The van der Waals surface area contributed by atoms with E-state index in [0.29, 0.717) is 24.9 Å². The van der Waals surface area contributed by atoms with Gasteiger partial charge in [-0.3, -0.25) is 9.69 Å². The normalized spacial score (nSPS) is 25.0. The molecule has 0 aliphatic carbocycles. The number of hydrogen-bond donors (Lipinski definition) is 1. The van der Waals surface area contributed by atoms with E-state index < -0.39 is 0 Å². The summed E-state index contributed by atoms with van der Waals surface area (Å²) >= 11 is 0. The molecule has 106 valence electrons. The number of nitrogens with zero attached hydrogens (tertiary/aromatic N) is 2. The van der Waals surface area contributed by atoms with Crippen LogP contribution < -0.4 is 5.32 Å². The number of nitrogens with one attached hydrogen (secondary N) is 1. The summed E-state index contributed by atoms with van der Waals surface area (Å²) in [6.07, 6.45) is 10.8. The predicted molar refractivity (Wildman–Crippen MR) is 76.7 cm³/mol. The Balaban J connectivity index is 1.65. The van der Waals surface area contributed by atoms with Crippen molar-refractivity contribution in [2.45, 2.75) is 38.1 Å². The Morgan fingerprint density at radius 3 is 2.68 bits per heavy atom. The highest BCUT2D eigenvalue weighted by Crippen LogP contribution is 2.13. The summed E-state index contributed by atoms with van der Waals surface area (Å²) in [5.74, 6) is 2.98. The smallest absolute Gasteiger partial charge is 0.222 e. The lowest BCUT2D eigenvalue weighted by molar-refractivity contribution is -0.133. The summed E-state index contributed by atoms with van der Waals surface area (Å²) in [6, 6.07) is 0.556. The molecule has 2 aliphatic rings. The molecule has 19 heavy (non-hydrogen) atoms. The minimum Gasteiger partial charge on any atom is -0.340 e. The summed E-state index contributed by atoms with van der Waals surface area (Å²) in [5, 5.41) is 3.50. The molecule has 1 amide bonds. The average Bonchev–Trinajstić information content (AvgIpc) is 2.47. The van der Waals surface area contributed by atoms with Gasteiger partial charge in [0.25, 0.3) is 0 Å². The number of hydrogen-bond acceptors (Lipinski definition) is 3. The molecule has 0 spiro atoms. The van der Waals surface area contributed by atoms with Gasteiger partial charge in [0, 0.05) is 38.6 Å². The second-order valence-electron chi connectivity index (χ2n) is 5.55. The third-order valence-corrected chi connectivity index (χ3v) is 4.16. The fraction of sp³-hybridized carbons (Fsp3) is 0.800. The second kappa shape index (κ2) is 7.52. The fourth-order valence-electron chi connectivity index (χ4n) is 2.91. The number of carbonyl (C=O) groups is 1. The van der Waals surface area contributed by atoms with Crippen LogP contribution in [0.25, 0.3) is 0 Å². The highest BCUT2D eigenvalue weighted by atomic mass is 16.2. The standard InChI is InChI=1S/C15H25N3O/c1-2-9-17-10-12-18(13-11-17)15(19)7-6-14-5-3-4-8-16-14/h1,14,16H,3-13H2. The molecular formula is C15H25N3O. The maximum atomic E-state index is 12.1. The molecule has 2 heterocycles. The maximum absolute atomic E-state index is 12.1. The molecule has 0 saturated carbocycles. The van der Waals surface area contributed by atoms with Gasteiger partial charge < -0.3 is 10.2 Å².